The molecule has 1 aliphatic heterocycles. The fourth-order valence-corrected chi connectivity index (χ4v) is 3.34. The maximum absolute atomic E-state index is 13.9. The summed E-state index contributed by atoms with van der Waals surface area (Å²) in [6, 6.07) is 4.60. The molecule has 1 fully saturated rings. The van der Waals surface area contributed by atoms with Gasteiger partial charge in [-0.25, -0.2) is 22.9 Å². The average Bonchev–Trinajstić information content (AvgIpc) is 2.75. The van der Waals surface area contributed by atoms with Crippen LogP contribution in [0, 0.1) is 12.7 Å². The second-order valence-electron chi connectivity index (χ2n) is 7.56. The first-order chi connectivity index (χ1) is 15.1. The summed E-state index contributed by atoms with van der Waals surface area (Å²) >= 11 is 0. The van der Waals surface area contributed by atoms with Crippen molar-refractivity contribution in [3.8, 4) is 0 Å². The van der Waals surface area contributed by atoms with Gasteiger partial charge in [0.2, 0.25) is 5.91 Å². The van der Waals surface area contributed by atoms with Gasteiger partial charge in [-0.15, -0.1) is 0 Å². The predicted octanol–water partition coefficient (Wildman–Crippen LogP) is 2.52. The van der Waals surface area contributed by atoms with Crippen molar-refractivity contribution < 1.29 is 27.5 Å². The number of pyridine rings is 1. The first kappa shape index (κ1) is 23.5. The highest BCUT2D eigenvalue weighted by atomic mass is 19.3. The second kappa shape index (κ2) is 9.53. The molecule has 0 saturated carbocycles. The number of alkyl halides is 2. The molecule has 0 aliphatic carbocycles. The van der Waals surface area contributed by atoms with Gasteiger partial charge in [-0.05, 0) is 41.8 Å². The van der Waals surface area contributed by atoms with Crippen LogP contribution in [0.4, 0.5) is 23.8 Å². The van der Waals surface area contributed by atoms with Gasteiger partial charge in [-0.2, -0.15) is 0 Å². The molecule has 1 saturated heterocycles. The summed E-state index contributed by atoms with van der Waals surface area (Å²) < 4.78 is 46.7. The van der Waals surface area contributed by atoms with Crippen LogP contribution in [0.3, 0.4) is 0 Å². The van der Waals surface area contributed by atoms with Crippen molar-refractivity contribution in [3.63, 3.8) is 0 Å². The molecule has 11 heteroatoms. The van der Waals surface area contributed by atoms with Gasteiger partial charge in [0.1, 0.15) is 17.7 Å². The van der Waals surface area contributed by atoms with E-state index < -0.39 is 48.9 Å². The van der Waals surface area contributed by atoms with Crippen LogP contribution in [0.15, 0.2) is 36.5 Å². The summed E-state index contributed by atoms with van der Waals surface area (Å²) in [6.45, 7) is 0.0238. The largest absolute Gasteiger partial charge is 0.382 e. The Kier molecular flexibility index (Phi) is 6.99. The van der Waals surface area contributed by atoms with Crippen LogP contribution in [0.1, 0.15) is 28.8 Å². The average molecular weight is 451 g/mol. The Balaban J connectivity index is 1.80. The number of carbonyl (C=O) groups is 2. The molecule has 1 aliphatic rings. The van der Waals surface area contributed by atoms with E-state index in [1.807, 2.05) is 0 Å². The lowest BCUT2D eigenvalue weighted by molar-refractivity contribution is -0.117. The molecule has 8 nitrogen and oxygen atoms in total. The van der Waals surface area contributed by atoms with E-state index in [4.69, 9.17) is 10.5 Å². The van der Waals surface area contributed by atoms with Gasteiger partial charge in [0.25, 0.3) is 5.92 Å². The zero-order chi connectivity index (χ0) is 23.5. The minimum absolute atomic E-state index is 0.0525. The van der Waals surface area contributed by atoms with E-state index in [0.717, 1.165) is 4.90 Å². The van der Waals surface area contributed by atoms with Crippen LogP contribution in [0.5, 0.6) is 0 Å². The Morgan fingerprint density at radius 2 is 2.09 bits per heavy atom. The van der Waals surface area contributed by atoms with E-state index in [1.54, 1.807) is 13.0 Å². The highest BCUT2D eigenvalue weighted by molar-refractivity contribution is 5.94. The summed E-state index contributed by atoms with van der Waals surface area (Å²) in [5.41, 5.74) is 7.08. The van der Waals surface area contributed by atoms with Crippen LogP contribution in [0.25, 0.3) is 0 Å². The van der Waals surface area contributed by atoms with Crippen LogP contribution in [0.2, 0.25) is 0 Å². The molecule has 3 amide bonds. The molecule has 2 heterocycles. The van der Waals surface area contributed by atoms with E-state index in [1.165, 1.54) is 37.6 Å². The molecule has 0 spiro atoms. The number of aryl methyl sites for hydroxylation is 1. The molecule has 172 valence electrons. The van der Waals surface area contributed by atoms with Crippen LogP contribution >= 0.6 is 0 Å². The Morgan fingerprint density at radius 3 is 2.78 bits per heavy atom. The summed E-state index contributed by atoms with van der Waals surface area (Å²) in [5, 5.41) is 4.70. The van der Waals surface area contributed by atoms with Crippen LogP contribution < -0.4 is 16.4 Å². The molecule has 1 aromatic carbocycles. The number of halogens is 3. The third kappa shape index (κ3) is 5.35. The Labute approximate surface area is 182 Å². The number of nitrogens with one attached hydrogen (secondary N) is 2. The minimum Gasteiger partial charge on any atom is -0.382 e. The maximum atomic E-state index is 13.9. The normalized spacial score (nSPS) is 17.4. The zero-order valence-electron chi connectivity index (χ0n) is 17.6. The van der Waals surface area contributed by atoms with Crippen molar-refractivity contribution in [1.82, 2.24) is 15.2 Å². The van der Waals surface area contributed by atoms with Gasteiger partial charge < -0.3 is 26.0 Å². The standard InChI is InChI=1S/C21H24F3N5O3/c1-12-3-4-14(7-15(12)22)18(25)19(30)28-17-8-13(5-6-26-17)16(9-32-2)29-11-21(23,24)10-27-20(29)31/h3-8,16,18H,9-11,25H2,1-2H3,(H,27,31)(H,26,28,30)/t16-,18?/m1/s1. The Morgan fingerprint density at radius 1 is 1.34 bits per heavy atom. The van der Waals surface area contributed by atoms with E-state index in [2.05, 4.69) is 15.6 Å². The third-order valence-corrected chi connectivity index (χ3v) is 5.12. The zero-order valence-corrected chi connectivity index (χ0v) is 17.6. The number of benzene rings is 1. The molecule has 1 aromatic heterocycles. The van der Waals surface area contributed by atoms with Crippen LogP contribution in [-0.4, -0.2) is 54.6 Å². The fraction of sp³-hybridized carbons (Fsp3) is 0.381. The van der Waals surface area contributed by atoms with E-state index in [-0.39, 0.29) is 18.0 Å². The molecular formula is C21H24F3N5O3. The number of amides is 3. The number of urea groups is 1. The Bertz CT molecular complexity index is 1000. The second-order valence-corrected chi connectivity index (χ2v) is 7.56. The molecule has 1 unspecified atom stereocenters. The number of anilines is 1. The van der Waals surface area contributed by atoms with Gasteiger partial charge in [0.15, 0.2) is 0 Å². The van der Waals surface area contributed by atoms with E-state index in [9.17, 15) is 22.8 Å². The quantitative estimate of drug-likeness (QED) is 0.599. The van der Waals surface area contributed by atoms with Crippen molar-refractivity contribution >= 4 is 17.8 Å². The lowest BCUT2D eigenvalue weighted by Gasteiger charge is -2.38. The molecule has 32 heavy (non-hydrogen) atoms. The highest BCUT2D eigenvalue weighted by Gasteiger charge is 2.42. The minimum atomic E-state index is -3.10. The summed E-state index contributed by atoms with van der Waals surface area (Å²) in [6.07, 6.45) is 1.37. The van der Waals surface area contributed by atoms with Gasteiger partial charge >= 0.3 is 6.03 Å². The number of nitrogens with zero attached hydrogens (tertiary/aromatic N) is 2. The lowest BCUT2D eigenvalue weighted by Crippen LogP contribution is -2.58. The SMILES string of the molecule is COC[C@H](c1ccnc(NC(=O)C(N)c2ccc(C)c(F)c2)c1)N1CC(F)(F)CNC1=O. The number of aromatic nitrogens is 1. The van der Waals surface area contributed by atoms with Crippen LogP contribution in [-0.2, 0) is 9.53 Å². The fourth-order valence-electron chi connectivity index (χ4n) is 3.34. The van der Waals surface area contributed by atoms with Gasteiger partial charge in [-0.1, -0.05) is 12.1 Å². The number of methoxy groups -OCH3 is 1. The number of rotatable bonds is 7. The molecule has 2 atom stereocenters. The topological polar surface area (TPSA) is 110 Å². The lowest BCUT2D eigenvalue weighted by atomic mass is 10.0. The number of nitrogens with two attached hydrogens (primary N) is 1. The van der Waals surface area contributed by atoms with Gasteiger partial charge in [0, 0.05) is 13.3 Å². The number of hydrogen-bond acceptors (Lipinski definition) is 5. The van der Waals surface area contributed by atoms with E-state index in [0.29, 0.717) is 11.1 Å². The van der Waals surface area contributed by atoms with Crippen molar-refractivity contribution in [3.05, 3.63) is 59.0 Å². The summed E-state index contributed by atoms with van der Waals surface area (Å²) in [7, 11) is 1.39. The summed E-state index contributed by atoms with van der Waals surface area (Å²) in [5.74, 6) is -4.12. The Hall–Kier alpha value is -3.18. The van der Waals surface area contributed by atoms with E-state index >= 15 is 0 Å². The van der Waals surface area contributed by atoms with Crippen molar-refractivity contribution in [2.45, 2.75) is 24.9 Å². The van der Waals surface area contributed by atoms with Crippen molar-refractivity contribution in [2.75, 3.05) is 32.1 Å². The number of ether oxygens (including phenoxy) is 1. The first-order valence-corrected chi connectivity index (χ1v) is 9.81. The maximum Gasteiger partial charge on any atom is 0.318 e. The third-order valence-electron chi connectivity index (χ3n) is 5.12. The first-order valence-electron chi connectivity index (χ1n) is 9.81. The molecule has 2 aromatic rings. The summed E-state index contributed by atoms with van der Waals surface area (Å²) in [4.78, 5) is 29.8. The molecular weight excluding hydrogens is 427 g/mol. The van der Waals surface area contributed by atoms with Gasteiger partial charge in [-0.3, -0.25) is 4.79 Å². The smallest absolute Gasteiger partial charge is 0.318 e. The molecule has 3 rings (SSSR count). The predicted molar refractivity (Wildman–Crippen MR) is 111 cm³/mol. The molecule has 0 radical (unpaired) electrons. The van der Waals surface area contributed by atoms with Crippen molar-refractivity contribution in [1.29, 1.82) is 0 Å². The number of carbonyl (C=O) groups excluding carboxylic acids is 2. The number of hydrogen-bond donors (Lipinski definition) is 3. The highest BCUT2D eigenvalue weighted by Crippen LogP contribution is 2.29. The molecule has 0 bridgehead atoms. The molecule has 4 N–H and O–H groups in total. The van der Waals surface area contributed by atoms with Gasteiger partial charge in [0.05, 0.1) is 25.7 Å². The van der Waals surface area contributed by atoms with Crippen molar-refractivity contribution in [2.24, 2.45) is 5.73 Å². The monoisotopic (exact) mass is 451 g/mol.